The van der Waals surface area contributed by atoms with Crippen molar-refractivity contribution in [3.05, 3.63) is 64.7 Å². The smallest absolute Gasteiger partial charge is 0.410 e. The second kappa shape index (κ2) is 14.3. The number of amides is 2. The van der Waals surface area contributed by atoms with E-state index < -0.39 is 24.5 Å². The van der Waals surface area contributed by atoms with Crippen molar-refractivity contribution in [3.63, 3.8) is 0 Å². The van der Waals surface area contributed by atoms with Crippen LogP contribution in [0.2, 0.25) is 5.02 Å². The fraction of sp³-hybridized carbons (Fsp3) is 0.348. The summed E-state index contributed by atoms with van der Waals surface area (Å²) in [6.45, 7) is 3.54. The molecule has 2 aromatic rings. The van der Waals surface area contributed by atoms with E-state index in [1.807, 2.05) is 12.1 Å². The van der Waals surface area contributed by atoms with Gasteiger partial charge in [-0.15, -0.1) is 12.4 Å². The Morgan fingerprint density at radius 2 is 1.59 bits per heavy atom. The van der Waals surface area contributed by atoms with Crippen molar-refractivity contribution >= 4 is 42.0 Å². The zero-order valence-electron chi connectivity index (χ0n) is 19.0. The van der Waals surface area contributed by atoms with Gasteiger partial charge in [0.15, 0.2) is 5.60 Å². The van der Waals surface area contributed by atoms with Crippen molar-refractivity contribution in [3.8, 4) is 5.75 Å². The van der Waals surface area contributed by atoms with Crippen LogP contribution in [0.5, 0.6) is 5.75 Å². The second-order valence-electron chi connectivity index (χ2n) is 7.47. The van der Waals surface area contributed by atoms with Gasteiger partial charge in [0.2, 0.25) is 6.79 Å². The van der Waals surface area contributed by atoms with Crippen LogP contribution in [0, 0.1) is 0 Å². The molecule has 0 aliphatic rings. The van der Waals surface area contributed by atoms with Crippen molar-refractivity contribution in [2.45, 2.75) is 25.9 Å². The number of benzene rings is 2. The lowest BCUT2D eigenvalue weighted by Gasteiger charge is -2.24. The lowest BCUT2D eigenvalue weighted by Crippen LogP contribution is -2.40. The number of alkyl carbamates (subject to hydrolysis) is 1. The Morgan fingerprint density at radius 1 is 0.941 bits per heavy atom. The van der Waals surface area contributed by atoms with E-state index in [1.165, 1.54) is 0 Å². The molecule has 9 nitrogen and oxygen atoms in total. The van der Waals surface area contributed by atoms with Crippen LogP contribution in [0.15, 0.2) is 48.5 Å². The van der Waals surface area contributed by atoms with Crippen LogP contribution in [0.25, 0.3) is 0 Å². The topological polar surface area (TPSA) is 129 Å². The van der Waals surface area contributed by atoms with Gasteiger partial charge in [-0.25, -0.2) is 9.59 Å². The molecule has 2 amide bonds. The number of halogens is 2. The van der Waals surface area contributed by atoms with Crippen LogP contribution in [0.3, 0.4) is 0 Å². The zero-order valence-corrected chi connectivity index (χ0v) is 20.5. The van der Waals surface area contributed by atoms with E-state index >= 15 is 0 Å². The maximum absolute atomic E-state index is 12.2. The largest absolute Gasteiger partial charge is 0.476 e. The summed E-state index contributed by atoms with van der Waals surface area (Å²) in [4.78, 5) is 35.7. The molecule has 0 radical (unpaired) electrons. The highest BCUT2D eigenvalue weighted by molar-refractivity contribution is 6.30. The van der Waals surface area contributed by atoms with E-state index in [4.69, 9.17) is 31.5 Å². The summed E-state index contributed by atoms with van der Waals surface area (Å²) in [5, 5.41) is 5.81. The van der Waals surface area contributed by atoms with Gasteiger partial charge in [0.25, 0.3) is 5.91 Å². The predicted octanol–water partition coefficient (Wildman–Crippen LogP) is 3.08. The average Bonchev–Trinajstić information content (AvgIpc) is 2.79. The molecule has 0 aliphatic carbocycles. The van der Waals surface area contributed by atoms with Gasteiger partial charge in [-0.05, 0) is 62.2 Å². The van der Waals surface area contributed by atoms with E-state index in [1.54, 1.807) is 50.2 Å². The molecule has 0 saturated carbocycles. The third-order valence-electron chi connectivity index (χ3n) is 4.39. The molecule has 0 bridgehead atoms. The predicted molar refractivity (Wildman–Crippen MR) is 130 cm³/mol. The minimum atomic E-state index is -1.30. The minimum Gasteiger partial charge on any atom is -0.476 e. The lowest BCUT2D eigenvalue weighted by atomic mass is 10.1. The molecule has 34 heavy (non-hydrogen) atoms. The molecule has 11 heteroatoms. The van der Waals surface area contributed by atoms with Gasteiger partial charge in [0.05, 0.1) is 0 Å². The number of rotatable bonds is 11. The number of carbonyl (C=O) groups is 3. The van der Waals surface area contributed by atoms with Crippen molar-refractivity contribution in [2.75, 3.05) is 26.4 Å². The average molecular weight is 514 g/mol. The summed E-state index contributed by atoms with van der Waals surface area (Å²) in [6, 6.07) is 13.8. The normalized spacial score (nSPS) is 10.5. The van der Waals surface area contributed by atoms with Gasteiger partial charge < -0.3 is 30.6 Å². The minimum absolute atomic E-state index is 0. The number of hydrogen-bond donors (Lipinski definition) is 3. The Kier molecular flexibility index (Phi) is 12.2. The van der Waals surface area contributed by atoms with Gasteiger partial charge in [-0.1, -0.05) is 23.7 Å². The first-order chi connectivity index (χ1) is 15.7. The van der Waals surface area contributed by atoms with E-state index in [9.17, 15) is 14.4 Å². The van der Waals surface area contributed by atoms with Gasteiger partial charge in [0.1, 0.15) is 5.75 Å². The van der Waals surface area contributed by atoms with Crippen molar-refractivity contribution < 1.29 is 28.6 Å². The molecule has 0 heterocycles. The number of nitrogens with two attached hydrogens (primary N) is 1. The molecule has 2 aromatic carbocycles. The maximum atomic E-state index is 12.2. The monoisotopic (exact) mass is 513 g/mol. The van der Waals surface area contributed by atoms with Gasteiger partial charge in [-0.2, -0.15) is 0 Å². The number of ether oxygens (including phenoxy) is 3. The summed E-state index contributed by atoms with van der Waals surface area (Å²) in [7, 11) is 0. The number of esters is 1. The first-order valence-electron chi connectivity index (χ1n) is 10.3. The van der Waals surface area contributed by atoms with Gasteiger partial charge in [-0.3, -0.25) is 4.79 Å². The fourth-order valence-corrected chi connectivity index (χ4v) is 2.75. The molecule has 0 unspecified atom stereocenters. The second-order valence-corrected chi connectivity index (χ2v) is 7.90. The third-order valence-corrected chi connectivity index (χ3v) is 4.64. The van der Waals surface area contributed by atoms with Crippen LogP contribution in [0.1, 0.15) is 29.8 Å². The van der Waals surface area contributed by atoms with Crippen LogP contribution in [-0.4, -0.2) is 50.0 Å². The van der Waals surface area contributed by atoms with Crippen LogP contribution < -0.4 is 21.1 Å². The molecule has 0 aromatic heterocycles. The van der Waals surface area contributed by atoms with E-state index in [0.29, 0.717) is 29.3 Å². The Bertz CT molecular complexity index is 937. The Morgan fingerprint density at radius 3 is 2.21 bits per heavy atom. The standard InChI is InChI=1S/C23H28ClN3O6.ClH/c1-23(2,21(29)31-15-32-22(30)27-14-12-25)33-19-9-3-16(4-10-19)11-13-26-20(28)17-5-7-18(24)8-6-17;/h3-10H,11-15,25H2,1-2H3,(H,26,28)(H,27,30);1H. The summed E-state index contributed by atoms with van der Waals surface area (Å²) in [6.07, 6.45) is -0.110. The number of carbonyl (C=O) groups excluding carboxylic acids is 3. The lowest BCUT2D eigenvalue weighted by molar-refractivity contribution is -0.167. The van der Waals surface area contributed by atoms with E-state index in [0.717, 1.165) is 5.56 Å². The van der Waals surface area contributed by atoms with Crippen molar-refractivity contribution in [1.82, 2.24) is 10.6 Å². The van der Waals surface area contributed by atoms with E-state index in [2.05, 4.69) is 10.6 Å². The molecule has 0 atom stereocenters. The van der Waals surface area contributed by atoms with Crippen LogP contribution >= 0.6 is 24.0 Å². The maximum Gasteiger partial charge on any atom is 0.410 e. The Balaban J connectivity index is 0.00000578. The highest BCUT2D eigenvalue weighted by Gasteiger charge is 2.32. The quantitative estimate of drug-likeness (QED) is 0.311. The summed E-state index contributed by atoms with van der Waals surface area (Å²) in [5.74, 6) is -0.400. The zero-order chi connectivity index (χ0) is 24.3. The highest BCUT2D eigenvalue weighted by atomic mass is 35.5. The molecule has 0 fully saturated rings. The first kappa shape index (κ1) is 29.0. The van der Waals surface area contributed by atoms with Gasteiger partial charge in [0, 0.05) is 30.2 Å². The molecule has 186 valence electrons. The molecule has 2 rings (SSSR count). The fourth-order valence-electron chi connectivity index (χ4n) is 2.62. The molecule has 0 spiro atoms. The number of nitrogens with one attached hydrogen (secondary N) is 2. The summed E-state index contributed by atoms with van der Waals surface area (Å²) < 4.78 is 15.4. The molecular formula is C23H29Cl2N3O6. The summed E-state index contributed by atoms with van der Waals surface area (Å²) >= 11 is 5.83. The number of hydrogen-bond acceptors (Lipinski definition) is 7. The highest BCUT2D eigenvalue weighted by Crippen LogP contribution is 2.20. The van der Waals surface area contributed by atoms with Crippen molar-refractivity contribution in [1.29, 1.82) is 0 Å². The van der Waals surface area contributed by atoms with Crippen molar-refractivity contribution in [2.24, 2.45) is 5.73 Å². The summed E-state index contributed by atoms with van der Waals surface area (Å²) in [5.41, 5.74) is 5.49. The third kappa shape index (κ3) is 9.86. The van der Waals surface area contributed by atoms with Crippen LogP contribution in [0.4, 0.5) is 4.79 Å². The Labute approximate surface area is 209 Å². The first-order valence-corrected chi connectivity index (χ1v) is 10.7. The molecular weight excluding hydrogens is 485 g/mol. The molecule has 0 aliphatic heterocycles. The SMILES string of the molecule is CC(C)(Oc1ccc(CCNC(=O)c2ccc(Cl)cc2)cc1)C(=O)OCOC(=O)NCCN.Cl. The Hall–Kier alpha value is -3.01. The molecule has 4 N–H and O–H groups in total. The molecule has 0 saturated heterocycles. The van der Waals surface area contributed by atoms with Crippen LogP contribution in [-0.2, 0) is 20.7 Å². The van der Waals surface area contributed by atoms with Gasteiger partial charge >= 0.3 is 12.1 Å². The van der Waals surface area contributed by atoms with E-state index in [-0.39, 0.29) is 31.4 Å².